The number of fused-ring (bicyclic) bond motifs is 1. The van der Waals surface area contributed by atoms with Crippen LogP contribution in [-0.2, 0) is 9.53 Å². The third kappa shape index (κ3) is 3.95. The van der Waals surface area contributed by atoms with Crippen LogP contribution in [-0.4, -0.2) is 16.6 Å². The van der Waals surface area contributed by atoms with E-state index in [1.807, 2.05) is 26.0 Å². The molecule has 0 aliphatic rings. The largest absolute Gasteiger partial charge is 0.460 e. The standard InChI is InChI=1S/C23H24FNO2/c1-15(2)25-20-8-6-5-7-19(20)23(17-9-11-18(24)12-10-17)21(25)13-14-22(26)27-16(3)4/h5-16H,1-4H3/b14-13+. The molecule has 1 aromatic heterocycles. The highest BCUT2D eigenvalue weighted by Crippen LogP contribution is 2.37. The van der Waals surface area contributed by atoms with Gasteiger partial charge in [0.2, 0.25) is 0 Å². The lowest BCUT2D eigenvalue weighted by Crippen LogP contribution is -2.09. The number of hydrogen-bond donors (Lipinski definition) is 0. The summed E-state index contributed by atoms with van der Waals surface area (Å²) in [6, 6.07) is 14.7. The molecule has 1 heterocycles. The summed E-state index contributed by atoms with van der Waals surface area (Å²) >= 11 is 0. The summed E-state index contributed by atoms with van der Waals surface area (Å²) in [7, 11) is 0. The second-order valence-corrected chi connectivity index (χ2v) is 7.07. The molecule has 0 spiro atoms. The summed E-state index contributed by atoms with van der Waals surface area (Å²) in [4.78, 5) is 12.0. The number of ether oxygens (including phenoxy) is 1. The number of benzene rings is 2. The zero-order chi connectivity index (χ0) is 19.6. The third-order valence-corrected chi connectivity index (χ3v) is 4.33. The van der Waals surface area contributed by atoms with Gasteiger partial charge in [-0.2, -0.15) is 0 Å². The van der Waals surface area contributed by atoms with E-state index in [2.05, 4.69) is 30.5 Å². The number of hydrogen-bond acceptors (Lipinski definition) is 2. The number of aromatic nitrogens is 1. The van der Waals surface area contributed by atoms with Gasteiger partial charge in [0, 0.05) is 28.6 Å². The summed E-state index contributed by atoms with van der Waals surface area (Å²) < 4.78 is 20.9. The van der Waals surface area contributed by atoms with Gasteiger partial charge >= 0.3 is 5.97 Å². The molecule has 3 nitrogen and oxygen atoms in total. The molecule has 0 aliphatic heterocycles. The van der Waals surface area contributed by atoms with Crippen molar-refractivity contribution in [1.29, 1.82) is 0 Å². The Balaban J connectivity index is 2.24. The first-order valence-corrected chi connectivity index (χ1v) is 9.16. The van der Waals surface area contributed by atoms with Crippen molar-refractivity contribution in [3.63, 3.8) is 0 Å². The van der Waals surface area contributed by atoms with E-state index in [0.717, 1.165) is 27.7 Å². The van der Waals surface area contributed by atoms with E-state index < -0.39 is 0 Å². The Morgan fingerprint density at radius 3 is 2.33 bits per heavy atom. The lowest BCUT2D eigenvalue weighted by Gasteiger charge is -2.14. The predicted octanol–water partition coefficient (Wildman–Crippen LogP) is 5.99. The molecule has 4 heteroatoms. The van der Waals surface area contributed by atoms with Crippen LogP contribution in [0.5, 0.6) is 0 Å². The third-order valence-electron chi connectivity index (χ3n) is 4.33. The lowest BCUT2D eigenvalue weighted by molar-refractivity contribution is -0.141. The highest BCUT2D eigenvalue weighted by molar-refractivity contribution is 6.02. The molecule has 0 saturated heterocycles. The van der Waals surface area contributed by atoms with Crippen molar-refractivity contribution >= 4 is 22.9 Å². The molecular weight excluding hydrogens is 341 g/mol. The zero-order valence-electron chi connectivity index (χ0n) is 16.1. The van der Waals surface area contributed by atoms with Crippen molar-refractivity contribution in [2.24, 2.45) is 0 Å². The second kappa shape index (κ2) is 7.78. The van der Waals surface area contributed by atoms with Gasteiger partial charge in [-0.25, -0.2) is 9.18 Å². The summed E-state index contributed by atoms with van der Waals surface area (Å²) in [6.07, 6.45) is 3.08. The van der Waals surface area contributed by atoms with Crippen LogP contribution in [0.25, 0.3) is 28.1 Å². The Bertz CT molecular complexity index is 982. The summed E-state index contributed by atoms with van der Waals surface area (Å²) in [5.41, 5.74) is 3.86. The van der Waals surface area contributed by atoms with Crippen LogP contribution in [0.15, 0.2) is 54.6 Å². The molecule has 0 bridgehead atoms. The van der Waals surface area contributed by atoms with Crippen molar-refractivity contribution < 1.29 is 13.9 Å². The quantitative estimate of drug-likeness (QED) is 0.410. The summed E-state index contributed by atoms with van der Waals surface area (Å²) in [5.74, 6) is -0.653. The number of nitrogens with zero attached hydrogens (tertiary/aromatic N) is 1. The number of rotatable bonds is 5. The number of para-hydroxylation sites is 1. The van der Waals surface area contributed by atoms with E-state index in [1.54, 1.807) is 18.2 Å². The first-order valence-electron chi connectivity index (χ1n) is 9.16. The molecule has 0 atom stereocenters. The zero-order valence-corrected chi connectivity index (χ0v) is 16.1. The van der Waals surface area contributed by atoms with Crippen molar-refractivity contribution in [2.45, 2.75) is 39.8 Å². The molecule has 0 saturated carbocycles. The van der Waals surface area contributed by atoms with Gasteiger partial charge in [0.1, 0.15) is 5.82 Å². The molecule has 0 radical (unpaired) electrons. The van der Waals surface area contributed by atoms with Crippen LogP contribution in [0.2, 0.25) is 0 Å². The topological polar surface area (TPSA) is 31.2 Å². The summed E-state index contributed by atoms with van der Waals surface area (Å²) in [5, 5.41) is 1.06. The predicted molar refractivity (Wildman–Crippen MR) is 108 cm³/mol. The van der Waals surface area contributed by atoms with Crippen LogP contribution < -0.4 is 0 Å². The van der Waals surface area contributed by atoms with Crippen molar-refractivity contribution in [3.05, 3.63) is 66.1 Å². The molecule has 0 aliphatic carbocycles. The molecule has 0 amide bonds. The SMILES string of the molecule is CC(C)OC(=O)/C=C/c1c(-c2ccc(F)cc2)c2ccccc2n1C(C)C. The van der Waals surface area contributed by atoms with Gasteiger partial charge in [0.25, 0.3) is 0 Å². The van der Waals surface area contributed by atoms with Crippen LogP contribution in [0.4, 0.5) is 4.39 Å². The summed E-state index contributed by atoms with van der Waals surface area (Å²) in [6.45, 7) is 7.84. The second-order valence-electron chi connectivity index (χ2n) is 7.07. The van der Waals surface area contributed by atoms with Crippen LogP contribution >= 0.6 is 0 Å². The van der Waals surface area contributed by atoms with Gasteiger partial charge in [-0.15, -0.1) is 0 Å². The van der Waals surface area contributed by atoms with E-state index in [9.17, 15) is 9.18 Å². The Morgan fingerprint density at radius 2 is 1.70 bits per heavy atom. The van der Waals surface area contributed by atoms with E-state index in [0.29, 0.717) is 0 Å². The van der Waals surface area contributed by atoms with Gasteiger partial charge in [0.15, 0.2) is 0 Å². The van der Waals surface area contributed by atoms with Crippen molar-refractivity contribution in [2.75, 3.05) is 0 Å². The smallest absolute Gasteiger partial charge is 0.331 e. The molecule has 3 rings (SSSR count). The maximum absolute atomic E-state index is 13.4. The van der Waals surface area contributed by atoms with Crippen LogP contribution in [0.1, 0.15) is 39.4 Å². The molecule has 27 heavy (non-hydrogen) atoms. The highest BCUT2D eigenvalue weighted by Gasteiger charge is 2.18. The maximum atomic E-state index is 13.4. The highest BCUT2D eigenvalue weighted by atomic mass is 19.1. The van der Waals surface area contributed by atoms with E-state index in [-0.39, 0.29) is 23.9 Å². The van der Waals surface area contributed by atoms with Gasteiger partial charge in [0.05, 0.1) is 11.8 Å². The minimum atomic E-state index is -0.379. The molecule has 3 aromatic rings. The number of carbonyl (C=O) groups excluding carboxylic acids is 1. The molecule has 0 unspecified atom stereocenters. The Morgan fingerprint density at radius 1 is 1.04 bits per heavy atom. The Kier molecular flexibility index (Phi) is 5.45. The van der Waals surface area contributed by atoms with Crippen LogP contribution in [0, 0.1) is 5.82 Å². The van der Waals surface area contributed by atoms with E-state index >= 15 is 0 Å². The molecule has 140 valence electrons. The normalized spacial score (nSPS) is 11.8. The van der Waals surface area contributed by atoms with Gasteiger partial charge < -0.3 is 9.30 Å². The maximum Gasteiger partial charge on any atom is 0.331 e. The number of carbonyl (C=O) groups is 1. The fourth-order valence-corrected chi connectivity index (χ4v) is 3.34. The van der Waals surface area contributed by atoms with E-state index in [4.69, 9.17) is 4.74 Å². The average molecular weight is 365 g/mol. The Labute approximate surface area is 159 Å². The number of halogens is 1. The minimum Gasteiger partial charge on any atom is -0.460 e. The number of esters is 1. The first-order chi connectivity index (χ1) is 12.9. The van der Waals surface area contributed by atoms with E-state index in [1.165, 1.54) is 18.2 Å². The van der Waals surface area contributed by atoms with Gasteiger partial charge in [-0.3, -0.25) is 0 Å². The first kappa shape index (κ1) is 18.9. The molecule has 0 N–H and O–H groups in total. The molecule has 2 aromatic carbocycles. The van der Waals surface area contributed by atoms with Gasteiger partial charge in [-0.1, -0.05) is 30.3 Å². The Hall–Kier alpha value is -2.88. The van der Waals surface area contributed by atoms with Crippen molar-refractivity contribution in [3.8, 4) is 11.1 Å². The fourth-order valence-electron chi connectivity index (χ4n) is 3.34. The molecule has 0 fully saturated rings. The minimum absolute atomic E-state index is 0.172. The monoisotopic (exact) mass is 365 g/mol. The molecular formula is C23H24FNO2. The van der Waals surface area contributed by atoms with Crippen LogP contribution in [0.3, 0.4) is 0 Å². The van der Waals surface area contributed by atoms with Crippen molar-refractivity contribution in [1.82, 2.24) is 4.57 Å². The average Bonchev–Trinajstić information content (AvgIpc) is 2.94. The van der Waals surface area contributed by atoms with Gasteiger partial charge in [-0.05, 0) is 57.5 Å². The fraction of sp³-hybridized carbons (Fsp3) is 0.261. The lowest BCUT2D eigenvalue weighted by atomic mass is 10.0.